The molecule has 2 aromatic rings. The maximum Gasteiger partial charge on any atom is 0.246 e. The van der Waals surface area contributed by atoms with Crippen LogP contribution in [0.4, 0.5) is 0 Å². The minimum Gasteiger partial charge on any atom is -0.338 e. The number of likely N-dealkylation sites (N-methyl/N-ethyl adjacent to an activating group) is 1. The van der Waals surface area contributed by atoms with Crippen molar-refractivity contribution in [2.45, 2.75) is 19.9 Å². The van der Waals surface area contributed by atoms with Crippen molar-refractivity contribution in [3.63, 3.8) is 0 Å². The number of hydrogen-bond donors (Lipinski definition) is 0. The van der Waals surface area contributed by atoms with Crippen molar-refractivity contribution in [1.82, 2.24) is 14.7 Å². The van der Waals surface area contributed by atoms with E-state index in [2.05, 4.69) is 36.3 Å². The third-order valence-electron chi connectivity index (χ3n) is 3.37. The third kappa shape index (κ3) is 4.31. The largest absolute Gasteiger partial charge is 0.338 e. The highest BCUT2D eigenvalue weighted by Gasteiger charge is 2.06. The van der Waals surface area contributed by atoms with Gasteiger partial charge in [-0.2, -0.15) is 5.10 Å². The molecule has 0 aliphatic heterocycles. The zero-order chi connectivity index (χ0) is 15.2. The lowest BCUT2D eigenvalue weighted by molar-refractivity contribution is -0.125. The van der Waals surface area contributed by atoms with E-state index in [0.717, 1.165) is 17.5 Å². The summed E-state index contributed by atoms with van der Waals surface area (Å²) in [5.41, 5.74) is 3.37. The quantitative estimate of drug-likeness (QED) is 0.791. The molecule has 0 saturated carbocycles. The summed E-state index contributed by atoms with van der Waals surface area (Å²) in [5, 5.41) is 4.06. The Morgan fingerprint density at radius 3 is 2.52 bits per heavy atom. The zero-order valence-electron chi connectivity index (χ0n) is 12.8. The van der Waals surface area contributed by atoms with Crippen molar-refractivity contribution < 1.29 is 4.79 Å². The summed E-state index contributed by atoms with van der Waals surface area (Å²) in [6, 6.07) is 8.37. The molecule has 4 heteroatoms. The summed E-state index contributed by atoms with van der Waals surface area (Å²) < 4.78 is 1.71. The summed E-state index contributed by atoms with van der Waals surface area (Å²) in [7, 11) is 3.66. The molecule has 110 valence electrons. The van der Waals surface area contributed by atoms with E-state index in [-0.39, 0.29) is 5.91 Å². The van der Waals surface area contributed by atoms with Crippen LogP contribution in [-0.4, -0.2) is 27.6 Å². The first-order valence-corrected chi connectivity index (χ1v) is 7.08. The molecule has 0 fully saturated rings. The first-order valence-electron chi connectivity index (χ1n) is 7.08. The van der Waals surface area contributed by atoms with E-state index < -0.39 is 0 Å². The number of nitrogens with zero attached hydrogens (tertiary/aromatic N) is 3. The second kappa shape index (κ2) is 6.88. The maximum atomic E-state index is 12.1. The number of hydrogen-bond acceptors (Lipinski definition) is 2. The van der Waals surface area contributed by atoms with Crippen molar-refractivity contribution in [3.05, 3.63) is 59.4 Å². The Bertz CT molecular complexity index is 626. The number of carbonyl (C=O) groups is 1. The van der Waals surface area contributed by atoms with E-state index in [4.69, 9.17) is 0 Å². The summed E-state index contributed by atoms with van der Waals surface area (Å²) in [4.78, 5) is 13.8. The van der Waals surface area contributed by atoms with Crippen LogP contribution in [0.25, 0.3) is 6.08 Å². The van der Waals surface area contributed by atoms with E-state index in [0.29, 0.717) is 6.54 Å². The van der Waals surface area contributed by atoms with Gasteiger partial charge in [0.05, 0.1) is 6.20 Å². The monoisotopic (exact) mass is 283 g/mol. The van der Waals surface area contributed by atoms with Crippen LogP contribution in [0.1, 0.15) is 23.6 Å². The smallest absolute Gasteiger partial charge is 0.246 e. The van der Waals surface area contributed by atoms with Crippen LogP contribution in [0, 0.1) is 0 Å². The Morgan fingerprint density at radius 1 is 1.29 bits per heavy atom. The first kappa shape index (κ1) is 15.0. The third-order valence-corrected chi connectivity index (χ3v) is 3.37. The number of benzene rings is 1. The number of rotatable bonds is 5. The Balaban J connectivity index is 1.93. The van der Waals surface area contributed by atoms with Crippen molar-refractivity contribution in [2.24, 2.45) is 7.05 Å². The summed E-state index contributed by atoms with van der Waals surface area (Å²) in [6.07, 6.45) is 7.99. The molecular weight excluding hydrogens is 262 g/mol. The molecule has 2 rings (SSSR count). The lowest BCUT2D eigenvalue weighted by Crippen LogP contribution is -2.24. The zero-order valence-corrected chi connectivity index (χ0v) is 12.8. The summed E-state index contributed by atoms with van der Waals surface area (Å²) in [6.45, 7) is 2.74. The van der Waals surface area contributed by atoms with Crippen LogP contribution in [-0.2, 0) is 24.8 Å². The van der Waals surface area contributed by atoms with Crippen LogP contribution in [0.5, 0.6) is 0 Å². The van der Waals surface area contributed by atoms with Gasteiger partial charge in [-0.25, -0.2) is 0 Å². The van der Waals surface area contributed by atoms with Gasteiger partial charge in [0.25, 0.3) is 0 Å². The van der Waals surface area contributed by atoms with Crippen LogP contribution in [0.3, 0.4) is 0 Å². The molecule has 1 heterocycles. The van der Waals surface area contributed by atoms with Gasteiger partial charge in [0.15, 0.2) is 0 Å². The van der Waals surface area contributed by atoms with E-state index in [1.807, 2.05) is 20.3 Å². The Morgan fingerprint density at radius 2 is 1.95 bits per heavy atom. The van der Waals surface area contributed by atoms with E-state index in [1.165, 1.54) is 5.56 Å². The normalized spacial score (nSPS) is 11.0. The second-order valence-electron chi connectivity index (χ2n) is 5.15. The van der Waals surface area contributed by atoms with Gasteiger partial charge >= 0.3 is 0 Å². The standard InChI is InChI=1S/C17H21N3O/c1-4-14-5-7-15(8-6-14)12-19(2)17(21)10-9-16-11-18-20(3)13-16/h5-11,13H,4,12H2,1-3H3/b10-9+. The summed E-state index contributed by atoms with van der Waals surface area (Å²) in [5.74, 6) is -0.0154. The van der Waals surface area contributed by atoms with E-state index >= 15 is 0 Å². The summed E-state index contributed by atoms with van der Waals surface area (Å²) >= 11 is 0. The Hall–Kier alpha value is -2.36. The fraction of sp³-hybridized carbons (Fsp3) is 0.294. The first-order chi connectivity index (χ1) is 10.1. The lowest BCUT2D eigenvalue weighted by atomic mass is 10.1. The number of aromatic nitrogens is 2. The van der Waals surface area contributed by atoms with Gasteiger partial charge in [0.1, 0.15) is 0 Å². The van der Waals surface area contributed by atoms with Gasteiger partial charge in [0, 0.05) is 38.5 Å². The number of amides is 1. The number of carbonyl (C=O) groups excluding carboxylic acids is 1. The van der Waals surface area contributed by atoms with Gasteiger partial charge in [-0.1, -0.05) is 31.2 Å². The minimum absolute atomic E-state index is 0.0154. The van der Waals surface area contributed by atoms with Crippen LogP contribution >= 0.6 is 0 Å². The lowest BCUT2D eigenvalue weighted by Gasteiger charge is -2.15. The van der Waals surface area contributed by atoms with Crippen molar-refractivity contribution in [1.29, 1.82) is 0 Å². The van der Waals surface area contributed by atoms with Gasteiger partial charge in [0.2, 0.25) is 5.91 Å². The molecule has 0 atom stereocenters. The van der Waals surface area contributed by atoms with Crippen molar-refractivity contribution >= 4 is 12.0 Å². The molecule has 4 nitrogen and oxygen atoms in total. The maximum absolute atomic E-state index is 12.1. The van der Waals surface area contributed by atoms with Gasteiger partial charge in [-0.05, 0) is 23.6 Å². The van der Waals surface area contributed by atoms with E-state index in [1.54, 1.807) is 27.9 Å². The Kier molecular flexibility index (Phi) is 4.93. The molecular formula is C17H21N3O. The number of aryl methyl sites for hydroxylation is 2. The highest BCUT2D eigenvalue weighted by Crippen LogP contribution is 2.08. The van der Waals surface area contributed by atoms with E-state index in [9.17, 15) is 4.79 Å². The predicted octanol–water partition coefficient (Wildman–Crippen LogP) is 2.65. The SMILES string of the molecule is CCc1ccc(CN(C)C(=O)/C=C/c2cnn(C)c2)cc1. The molecule has 0 saturated heterocycles. The van der Waals surface area contributed by atoms with Crippen molar-refractivity contribution in [3.8, 4) is 0 Å². The predicted molar refractivity (Wildman–Crippen MR) is 84.5 cm³/mol. The van der Waals surface area contributed by atoms with Crippen LogP contribution in [0.2, 0.25) is 0 Å². The molecule has 0 bridgehead atoms. The van der Waals surface area contributed by atoms with Gasteiger partial charge in [-0.15, -0.1) is 0 Å². The molecule has 1 aromatic heterocycles. The van der Waals surface area contributed by atoms with Gasteiger partial charge in [-0.3, -0.25) is 9.48 Å². The fourth-order valence-electron chi connectivity index (χ4n) is 2.05. The molecule has 21 heavy (non-hydrogen) atoms. The second-order valence-corrected chi connectivity index (χ2v) is 5.15. The Labute approximate surface area is 125 Å². The molecule has 0 N–H and O–H groups in total. The van der Waals surface area contributed by atoms with Crippen LogP contribution < -0.4 is 0 Å². The minimum atomic E-state index is -0.0154. The molecule has 0 aliphatic carbocycles. The molecule has 0 unspecified atom stereocenters. The molecule has 0 radical (unpaired) electrons. The van der Waals surface area contributed by atoms with Crippen LogP contribution in [0.15, 0.2) is 42.7 Å². The highest BCUT2D eigenvalue weighted by atomic mass is 16.2. The molecule has 0 spiro atoms. The van der Waals surface area contributed by atoms with Gasteiger partial charge < -0.3 is 4.90 Å². The average molecular weight is 283 g/mol. The van der Waals surface area contributed by atoms with Crippen molar-refractivity contribution in [2.75, 3.05) is 7.05 Å². The molecule has 1 amide bonds. The highest BCUT2D eigenvalue weighted by molar-refractivity contribution is 5.91. The molecule has 1 aromatic carbocycles. The average Bonchev–Trinajstić information content (AvgIpc) is 2.91. The fourth-order valence-corrected chi connectivity index (χ4v) is 2.05. The molecule has 0 aliphatic rings. The topological polar surface area (TPSA) is 38.1 Å².